The van der Waals surface area contributed by atoms with Crippen LogP contribution in [0, 0.1) is 12.7 Å². The van der Waals surface area contributed by atoms with E-state index in [1.807, 2.05) is 31.2 Å². The molecule has 0 aliphatic carbocycles. The third kappa shape index (κ3) is 5.40. The van der Waals surface area contributed by atoms with E-state index in [2.05, 4.69) is 10.2 Å². The summed E-state index contributed by atoms with van der Waals surface area (Å²) in [5.41, 5.74) is 2.66. The Morgan fingerprint density at radius 2 is 1.62 bits per heavy atom. The van der Waals surface area contributed by atoms with Crippen LogP contribution in [-0.4, -0.2) is 55.2 Å². The minimum atomic E-state index is -0.744. The van der Waals surface area contributed by atoms with Crippen molar-refractivity contribution in [2.75, 3.05) is 37.6 Å². The van der Waals surface area contributed by atoms with Crippen LogP contribution in [0.5, 0.6) is 0 Å². The van der Waals surface area contributed by atoms with E-state index in [4.69, 9.17) is 0 Å². The van der Waals surface area contributed by atoms with E-state index in [0.717, 1.165) is 16.8 Å². The van der Waals surface area contributed by atoms with Crippen LogP contribution in [-0.2, 0) is 20.8 Å². The van der Waals surface area contributed by atoms with E-state index in [-0.39, 0.29) is 24.7 Å². The largest absolute Gasteiger partial charge is 0.368 e. The number of aryl methyl sites for hydroxylation is 1. The van der Waals surface area contributed by atoms with Gasteiger partial charge in [0.2, 0.25) is 11.7 Å². The molecule has 1 aliphatic rings. The maximum absolute atomic E-state index is 13.0. The molecule has 0 bridgehead atoms. The zero-order valence-electron chi connectivity index (χ0n) is 16.4. The summed E-state index contributed by atoms with van der Waals surface area (Å²) < 4.78 is 13.0. The van der Waals surface area contributed by atoms with Crippen molar-refractivity contribution in [3.63, 3.8) is 0 Å². The van der Waals surface area contributed by atoms with E-state index in [1.165, 1.54) is 12.1 Å². The first-order chi connectivity index (χ1) is 13.9. The molecule has 0 radical (unpaired) electrons. The number of benzene rings is 2. The van der Waals surface area contributed by atoms with Gasteiger partial charge in [-0.3, -0.25) is 14.4 Å². The average Bonchev–Trinajstić information content (AvgIpc) is 2.74. The fraction of sp³-hybridized carbons (Fsp3) is 0.318. The molecule has 1 saturated heterocycles. The second kappa shape index (κ2) is 9.32. The lowest BCUT2D eigenvalue weighted by atomic mass is 10.0. The van der Waals surface area contributed by atoms with Crippen LogP contribution < -0.4 is 10.2 Å². The number of carbonyl (C=O) groups excluding carboxylic acids is 3. The van der Waals surface area contributed by atoms with Crippen molar-refractivity contribution >= 4 is 23.3 Å². The number of amides is 2. The molecule has 152 valence electrons. The summed E-state index contributed by atoms with van der Waals surface area (Å²) >= 11 is 0. The number of Topliss-reactive ketones (excluding diaryl/α,β-unsaturated/α-hetero) is 1. The van der Waals surface area contributed by atoms with Gasteiger partial charge in [-0.2, -0.15) is 0 Å². The normalized spacial score (nSPS) is 13.9. The number of hydrogen-bond donors (Lipinski definition) is 1. The molecule has 0 atom stereocenters. The summed E-state index contributed by atoms with van der Waals surface area (Å²) in [5.74, 6) is -1.81. The molecule has 29 heavy (non-hydrogen) atoms. The van der Waals surface area contributed by atoms with E-state index >= 15 is 0 Å². The Morgan fingerprint density at radius 1 is 0.966 bits per heavy atom. The quantitative estimate of drug-likeness (QED) is 0.754. The van der Waals surface area contributed by atoms with Gasteiger partial charge in [0.05, 0.1) is 6.54 Å². The molecule has 1 N–H and O–H groups in total. The topological polar surface area (TPSA) is 69.7 Å². The van der Waals surface area contributed by atoms with E-state index in [1.54, 1.807) is 17.0 Å². The number of piperazine rings is 1. The zero-order valence-corrected chi connectivity index (χ0v) is 16.4. The third-order valence-electron chi connectivity index (χ3n) is 5.09. The predicted molar refractivity (Wildman–Crippen MR) is 108 cm³/mol. The number of nitrogens with one attached hydrogen (secondary N) is 1. The van der Waals surface area contributed by atoms with Crippen molar-refractivity contribution in [1.29, 1.82) is 0 Å². The Balaban J connectivity index is 1.43. The van der Waals surface area contributed by atoms with Gasteiger partial charge in [-0.1, -0.05) is 24.3 Å². The van der Waals surface area contributed by atoms with Crippen molar-refractivity contribution in [2.45, 2.75) is 13.3 Å². The summed E-state index contributed by atoms with van der Waals surface area (Å²) in [6.07, 6.45) is 0.0169. The lowest BCUT2D eigenvalue weighted by molar-refractivity contribution is -0.139. The third-order valence-corrected chi connectivity index (χ3v) is 5.09. The molecule has 2 aromatic rings. The number of rotatable bonds is 6. The van der Waals surface area contributed by atoms with Gasteiger partial charge in [-0.25, -0.2) is 4.39 Å². The zero-order chi connectivity index (χ0) is 20.8. The Morgan fingerprint density at radius 3 is 2.28 bits per heavy atom. The van der Waals surface area contributed by atoms with E-state index < -0.39 is 11.7 Å². The van der Waals surface area contributed by atoms with Crippen molar-refractivity contribution in [3.8, 4) is 0 Å². The minimum absolute atomic E-state index is 0.0169. The predicted octanol–water partition coefficient (Wildman–Crippen LogP) is 1.71. The number of hydrogen-bond acceptors (Lipinski definition) is 4. The molecule has 0 aromatic heterocycles. The minimum Gasteiger partial charge on any atom is -0.368 e. The van der Waals surface area contributed by atoms with Gasteiger partial charge < -0.3 is 15.1 Å². The molecule has 2 aromatic carbocycles. The highest BCUT2D eigenvalue weighted by Crippen LogP contribution is 2.17. The van der Waals surface area contributed by atoms with Crippen molar-refractivity contribution in [1.82, 2.24) is 10.2 Å². The van der Waals surface area contributed by atoms with Crippen LogP contribution in [0.3, 0.4) is 0 Å². The van der Waals surface area contributed by atoms with Gasteiger partial charge in [0.15, 0.2) is 0 Å². The van der Waals surface area contributed by atoms with Crippen LogP contribution in [0.15, 0.2) is 48.5 Å². The molecule has 1 heterocycles. The molecular weight excluding hydrogens is 373 g/mol. The molecule has 1 fully saturated rings. The first kappa shape index (κ1) is 20.5. The number of nitrogens with zero attached hydrogens (tertiary/aromatic N) is 2. The highest BCUT2D eigenvalue weighted by Gasteiger charge is 2.23. The average molecular weight is 397 g/mol. The maximum Gasteiger partial charge on any atom is 0.288 e. The fourth-order valence-corrected chi connectivity index (χ4v) is 3.29. The standard InChI is InChI=1S/C22H24FN3O3/c1-16-4-2-3-5-17(16)14-20(27)22(29)24-15-21(28)26-12-10-25(11-13-26)19-8-6-18(23)7-9-19/h2-9H,10-15H2,1H3,(H,24,29). The summed E-state index contributed by atoms with van der Waals surface area (Å²) in [6.45, 7) is 3.94. The Labute approximate surface area is 169 Å². The van der Waals surface area contributed by atoms with Crippen molar-refractivity contribution in [2.24, 2.45) is 0 Å². The first-order valence-electron chi connectivity index (χ1n) is 9.58. The lowest BCUT2D eigenvalue weighted by Crippen LogP contribution is -2.51. The number of carbonyl (C=O) groups is 3. The van der Waals surface area contributed by atoms with Crippen molar-refractivity contribution in [3.05, 3.63) is 65.5 Å². The fourth-order valence-electron chi connectivity index (χ4n) is 3.29. The number of anilines is 1. The van der Waals surface area contributed by atoms with Gasteiger partial charge in [0.1, 0.15) is 5.82 Å². The second-order valence-corrected chi connectivity index (χ2v) is 7.05. The van der Waals surface area contributed by atoms with E-state index in [9.17, 15) is 18.8 Å². The SMILES string of the molecule is Cc1ccccc1CC(=O)C(=O)NCC(=O)N1CCN(c2ccc(F)cc2)CC1. The molecule has 2 amide bonds. The summed E-state index contributed by atoms with van der Waals surface area (Å²) in [4.78, 5) is 40.2. The number of ketones is 1. The Hall–Kier alpha value is -3.22. The second-order valence-electron chi connectivity index (χ2n) is 7.05. The van der Waals surface area contributed by atoms with Gasteiger partial charge in [0, 0.05) is 38.3 Å². The van der Waals surface area contributed by atoms with Crippen LogP contribution >= 0.6 is 0 Å². The molecule has 6 nitrogen and oxygen atoms in total. The molecule has 0 unspecified atom stereocenters. The summed E-state index contributed by atoms with van der Waals surface area (Å²) in [5, 5.41) is 2.43. The molecule has 1 aliphatic heterocycles. The van der Waals surface area contributed by atoms with Gasteiger partial charge >= 0.3 is 0 Å². The van der Waals surface area contributed by atoms with Crippen LogP contribution in [0.4, 0.5) is 10.1 Å². The van der Waals surface area contributed by atoms with Gasteiger partial charge in [-0.05, 0) is 42.3 Å². The number of halogens is 1. The monoisotopic (exact) mass is 397 g/mol. The van der Waals surface area contributed by atoms with Gasteiger partial charge in [0.25, 0.3) is 5.91 Å². The summed E-state index contributed by atoms with van der Waals surface area (Å²) in [6, 6.07) is 13.6. The smallest absolute Gasteiger partial charge is 0.288 e. The molecule has 7 heteroatoms. The Bertz CT molecular complexity index is 890. The van der Waals surface area contributed by atoms with Crippen LogP contribution in [0.1, 0.15) is 11.1 Å². The highest BCUT2D eigenvalue weighted by atomic mass is 19.1. The van der Waals surface area contributed by atoms with Crippen molar-refractivity contribution < 1.29 is 18.8 Å². The lowest BCUT2D eigenvalue weighted by Gasteiger charge is -2.36. The first-order valence-corrected chi connectivity index (χ1v) is 9.58. The maximum atomic E-state index is 13.0. The molecular formula is C22H24FN3O3. The van der Waals surface area contributed by atoms with Gasteiger partial charge in [-0.15, -0.1) is 0 Å². The summed E-state index contributed by atoms with van der Waals surface area (Å²) in [7, 11) is 0. The molecule has 0 spiro atoms. The van der Waals surface area contributed by atoms with Crippen LogP contribution in [0.25, 0.3) is 0 Å². The van der Waals surface area contributed by atoms with E-state index in [0.29, 0.717) is 26.2 Å². The van der Waals surface area contributed by atoms with Crippen LogP contribution in [0.2, 0.25) is 0 Å². The Kier molecular flexibility index (Phi) is 6.59. The molecule has 3 rings (SSSR count). The highest BCUT2D eigenvalue weighted by molar-refractivity contribution is 6.36. The molecule has 0 saturated carbocycles.